The maximum absolute atomic E-state index is 9.91. The minimum absolute atomic E-state index is 0.0569. The van der Waals surface area contributed by atoms with Crippen molar-refractivity contribution in [1.29, 1.82) is 0 Å². The van der Waals surface area contributed by atoms with Gasteiger partial charge in [-0.2, -0.15) is 0 Å². The van der Waals surface area contributed by atoms with Gasteiger partial charge in [-0.3, -0.25) is 0 Å². The average Bonchev–Trinajstić information content (AvgIpc) is 2.84. The summed E-state index contributed by atoms with van der Waals surface area (Å²) in [5, 5.41) is 13.6. The molecule has 2 aliphatic rings. The van der Waals surface area contributed by atoms with E-state index in [0.29, 0.717) is 18.1 Å². The molecule has 2 rings (SSSR count). The number of ether oxygens (including phenoxy) is 1. The molecule has 0 radical (unpaired) electrons. The highest BCUT2D eigenvalue weighted by Crippen LogP contribution is 2.38. The van der Waals surface area contributed by atoms with Crippen molar-refractivity contribution in [3.8, 4) is 0 Å². The highest BCUT2D eigenvalue weighted by Gasteiger charge is 2.42. The first-order chi connectivity index (χ1) is 10.1. The fourth-order valence-corrected chi connectivity index (χ4v) is 4.36. The highest BCUT2D eigenvalue weighted by molar-refractivity contribution is 4.99. The van der Waals surface area contributed by atoms with Crippen LogP contribution in [0, 0.1) is 11.8 Å². The lowest BCUT2D eigenvalue weighted by molar-refractivity contribution is 0.00436. The quantitative estimate of drug-likeness (QED) is 0.755. The molecule has 2 N–H and O–H groups in total. The second-order valence-electron chi connectivity index (χ2n) is 7.74. The van der Waals surface area contributed by atoms with E-state index >= 15 is 0 Å². The molecule has 3 heteroatoms. The van der Waals surface area contributed by atoms with Crippen LogP contribution in [0.25, 0.3) is 0 Å². The summed E-state index contributed by atoms with van der Waals surface area (Å²) in [4.78, 5) is 0. The normalized spacial score (nSPS) is 37.3. The van der Waals surface area contributed by atoms with Crippen molar-refractivity contribution in [3.05, 3.63) is 0 Å². The number of hydrogen-bond acceptors (Lipinski definition) is 3. The topological polar surface area (TPSA) is 41.5 Å². The van der Waals surface area contributed by atoms with E-state index in [-0.39, 0.29) is 12.1 Å². The van der Waals surface area contributed by atoms with Gasteiger partial charge in [0.05, 0.1) is 12.7 Å². The molecule has 0 bridgehead atoms. The third kappa shape index (κ3) is 4.67. The van der Waals surface area contributed by atoms with Crippen LogP contribution in [0.2, 0.25) is 0 Å². The molecule has 0 spiro atoms. The molecule has 0 aromatic heterocycles. The first-order valence-electron chi connectivity index (χ1n) is 9.06. The molecular formula is C18H35NO2. The molecule has 0 aliphatic heterocycles. The summed E-state index contributed by atoms with van der Waals surface area (Å²) in [5.41, 5.74) is -0.0569. The smallest absolute Gasteiger partial charge is 0.0616 e. The van der Waals surface area contributed by atoms with Crippen LogP contribution in [0.4, 0.5) is 0 Å². The highest BCUT2D eigenvalue weighted by atomic mass is 16.5. The summed E-state index contributed by atoms with van der Waals surface area (Å²) in [6.45, 7) is 7.82. The fourth-order valence-electron chi connectivity index (χ4n) is 4.36. The van der Waals surface area contributed by atoms with Gasteiger partial charge in [-0.1, -0.05) is 27.2 Å². The number of rotatable bonds is 7. The summed E-state index contributed by atoms with van der Waals surface area (Å²) in [7, 11) is 0. The van der Waals surface area contributed by atoms with Crippen LogP contribution in [-0.2, 0) is 4.74 Å². The molecule has 2 fully saturated rings. The minimum Gasteiger partial charge on any atom is -0.394 e. The maximum atomic E-state index is 9.91. The Morgan fingerprint density at radius 2 is 1.90 bits per heavy atom. The molecule has 0 saturated heterocycles. The molecule has 2 aliphatic carbocycles. The van der Waals surface area contributed by atoms with Gasteiger partial charge >= 0.3 is 0 Å². The van der Waals surface area contributed by atoms with Crippen molar-refractivity contribution >= 4 is 0 Å². The zero-order valence-corrected chi connectivity index (χ0v) is 14.2. The number of nitrogens with one attached hydrogen (secondary N) is 1. The van der Waals surface area contributed by atoms with Gasteiger partial charge in [0.25, 0.3) is 0 Å². The largest absolute Gasteiger partial charge is 0.394 e. The fraction of sp³-hybridized carbons (Fsp3) is 1.00. The molecule has 124 valence electrons. The van der Waals surface area contributed by atoms with E-state index in [1.165, 1.54) is 38.5 Å². The second kappa shape index (κ2) is 7.94. The molecule has 2 saturated carbocycles. The first-order valence-corrected chi connectivity index (χ1v) is 9.06. The van der Waals surface area contributed by atoms with Gasteiger partial charge in [0.1, 0.15) is 0 Å². The molecule has 0 aromatic carbocycles. The van der Waals surface area contributed by atoms with Crippen LogP contribution >= 0.6 is 0 Å². The first kappa shape index (κ1) is 17.2. The molecule has 21 heavy (non-hydrogen) atoms. The Morgan fingerprint density at radius 1 is 1.19 bits per heavy atom. The summed E-state index contributed by atoms with van der Waals surface area (Å²) in [6.07, 6.45) is 10.3. The SMILES string of the molecule is CC1CCC(OCCC2CCCC2(CO)NC(C)C)CC1. The lowest BCUT2D eigenvalue weighted by Gasteiger charge is -2.37. The van der Waals surface area contributed by atoms with Crippen LogP contribution in [0.3, 0.4) is 0 Å². The van der Waals surface area contributed by atoms with Gasteiger partial charge in [0, 0.05) is 18.2 Å². The third-order valence-electron chi connectivity index (χ3n) is 5.60. The summed E-state index contributed by atoms with van der Waals surface area (Å²) in [6, 6.07) is 0.429. The Hall–Kier alpha value is -0.120. The number of aliphatic hydroxyl groups is 1. The number of aliphatic hydroxyl groups excluding tert-OH is 1. The molecule has 0 amide bonds. The lowest BCUT2D eigenvalue weighted by atomic mass is 9.84. The lowest BCUT2D eigenvalue weighted by Crippen LogP contribution is -2.54. The Labute approximate surface area is 130 Å². The summed E-state index contributed by atoms with van der Waals surface area (Å²) < 4.78 is 6.13. The van der Waals surface area contributed by atoms with Crippen molar-refractivity contribution in [2.75, 3.05) is 13.2 Å². The van der Waals surface area contributed by atoms with E-state index in [9.17, 15) is 5.11 Å². The Balaban J connectivity index is 1.76. The van der Waals surface area contributed by atoms with Crippen molar-refractivity contribution in [1.82, 2.24) is 5.32 Å². The Morgan fingerprint density at radius 3 is 2.52 bits per heavy atom. The molecule has 3 nitrogen and oxygen atoms in total. The van der Waals surface area contributed by atoms with Crippen molar-refractivity contribution in [3.63, 3.8) is 0 Å². The number of hydrogen-bond donors (Lipinski definition) is 2. The van der Waals surface area contributed by atoms with Crippen molar-refractivity contribution in [2.45, 2.75) is 89.8 Å². The predicted octanol–water partition coefficient (Wildman–Crippen LogP) is 3.50. The molecular weight excluding hydrogens is 262 g/mol. The minimum atomic E-state index is -0.0569. The van der Waals surface area contributed by atoms with E-state index in [2.05, 4.69) is 26.1 Å². The Kier molecular flexibility index (Phi) is 6.51. The van der Waals surface area contributed by atoms with Crippen LogP contribution in [0.1, 0.15) is 72.1 Å². The predicted molar refractivity (Wildman–Crippen MR) is 87.4 cm³/mol. The van der Waals surface area contributed by atoms with Crippen molar-refractivity contribution in [2.24, 2.45) is 11.8 Å². The van der Waals surface area contributed by atoms with Crippen LogP contribution in [-0.4, -0.2) is 36.0 Å². The van der Waals surface area contributed by atoms with Gasteiger partial charge in [0.2, 0.25) is 0 Å². The van der Waals surface area contributed by atoms with Gasteiger partial charge in [-0.05, 0) is 56.8 Å². The van der Waals surface area contributed by atoms with E-state index in [0.717, 1.165) is 25.4 Å². The van der Waals surface area contributed by atoms with Crippen LogP contribution in [0.15, 0.2) is 0 Å². The van der Waals surface area contributed by atoms with E-state index in [1.807, 2.05) is 0 Å². The zero-order chi connectivity index (χ0) is 15.3. The third-order valence-corrected chi connectivity index (χ3v) is 5.60. The maximum Gasteiger partial charge on any atom is 0.0616 e. The van der Waals surface area contributed by atoms with Gasteiger partial charge in [-0.25, -0.2) is 0 Å². The second-order valence-corrected chi connectivity index (χ2v) is 7.74. The average molecular weight is 297 g/mol. The van der Waals surface area contributed by atoms with Crippen LogP contribution < -0.4 is 5.32 Å². The van der Waals surface area contributed by atoms with E-state index in [1.54, 1.807) is 0 Å². The molecule has 2 unspecified atom stereocenters. The standard InChI is InChI=1S/C18H35NO2/c1-14(2)19-18(13-20)11-4-5-16(18)10-12-21-17-8-6-15(3)7-9-17/h14-17,19-20H,4-13H2,1-3H3. The van der Waals surface area contributed by atoms with Gasteiger partial charge < -0.3 is 15.2 Å². The van der Waals surface area contributed by atoms with E-state index < -0.39 is 0 Å². The molecule has 2 atom stereocenters. The van der Waals surface area contributed by atoms with E-state index in [4.69, 9.17) is 4.74 Å². The summed E-state index contributed by atoms with van der Waals surface area (Å²) >= 11 is 0. The van der Waals surface area contributed by atoms with Crippen molar-refractivity contribution < 1.29 is 9.84 Å². The monoisotopic (exact) mass is 297 g/mol. The molecule has 0 heterocycles. The summed E-state index contributed by atoms with van der Waals surface area (Å²) in [5.74, 6) is 1.45. The Bertz CT molecular complexity index is 300. The van der Waals surface area contributed by atoms with Crippen LogP contribution in [0.5, 0.6) is 0 Å². The van der Waals surface area contributed by atoms with Gasteiger partial charge in [-0.15, -0.1) is 0 Å². The zero-order valence-electron chi connectivity index (χ0n) is 14.2. The molecule has 0 aromatic rings. The van der Waals surface area contributed by atoms with Gasteiger partial charge in [0.15, 0.2) is 0 Å².